The molecule has 0 atom stereocenters. The van der Waals surface area contributed by atoms with Crippen LogP contribution in [-0.4, -0.2) is 32.5 Å². The molecular weight excluding hydrogens is 254 g/mol. The summed E-state index contributed by atoms with van der Waals surface area (Å²) in [6.45, 7) is 3.20. The van der Waals surface area contributed by atoms with Crippen LogP contribution in [0.3, 0.4) is 0 Å². The van der Waals surface area contributed by atoms with Gasteiger partial charge in [0.05, 0.1) is 0 Å². The van der Waals surface area contributed by atoms with Gasteiger partial charge in [-0.1, -0.05) is 12.1 Å². The molecule has 1 aliphatic rings. The molecule has 20 heavy (non-hydrogen) atoms. The maximum absolute atomic E-state index is 5.43. The predicted molar refractivity (Wildman–Crippen MR) is 75.2 cm³/mol. The van der Waals surface area contributed by atoms with Crippen LogP contribution >= 0.6 is 0 Å². The molecule has 0 amide bonds. The van der Waals surface area contributed by atoms with E-state index in [0.717, 1.165) is 31.0 Å². The summed E-state index contributed by atoms with van der Waals surface area (Å²) in [4.78, 5) is 4.51. The van der Waals surface area contributed by atoms with E-state index in [2.05, 4.69) is 27.5 Å². The van der Waals surface area contributed by atoms with Crippen molar-refractivity contribution in [1.82, 2.24) is 25.2 Å². The van der Waals surface area contributed by atoms with Crippen molar-refractivity contribution in [3.8, 4) is 11.5 Å². The molecule has 2 aromatic heterocycles. The summed E-state index contributed by atoms with van der Waals surface area (Å²) in [5.74, 6) is 1.75. The van der Waals surface area contributed by atoms with Crippen LogP contribution < -0.4 is 5.32 Å². The topological polar surface area (TPSA) is 68.8 Å². The van der Waals surface area contributed by atoms with Crippen LogP contribution in [0.15, 0.2) is 16.8 Å². The van der Waals surface area contributed by atoms with Crippen LogP contribution in [0.5, 0.6) is 0 Å². The van der Waals surface area contributed by atoms with Crippen molar-refractivity contribution in [2.45, 2.75) is 44.6 Å². The molecule has 1 saturated carbocycles. The highest BCUT2D eigenvalue weighted by Crippen LogP contribution is 2.32. The molecule has 0 aliphatic heterocycles. The molecule has 0 saturated heterocycles. The smallest absolute Gasteiger partial charge is 0.230 e. The van der Waals surface area contributed by atoms with Gasteiger partial charge in [0.25, 0.3) is 0 Å². The minimum atomic E-state index is 0.398. The molecule has 1 fully saturated rings. The van der Waals surface area contributed by atoms with Gasteiger partial charge in [-0.2, -0.15) is 10.1 Å². The number of aromatic nitrogens is 4. The first kappa shape index (κ1) is 13.3. The van der Waals surface area contributed by atoms with Crippen molar-refractivity contribution in [2.24, 2.45) is 7.05 Å². The molecule has 1 aliphatic carbocycles. The van der Waals surface area contributed by atoms with Crippen molar-refractivity contribution in [3.63, 3.8) is 0 Å². The van der Waals surface area contributed by atoms with Crippen molar-refractivity contribution in [1.29, 1.82) is 0 Å². The summed E-state index contributed by atoms with van der Waals surface area (Å²) in [5, 5.41) is 11.9. The number of rotatable bonds is 4. The van der Waals surface area contributed by atoms with Crippen LogP contribution in [-0.2, 0) is 7.05 Å². The third-order valence-corrected chi connectivity index (χ3v) is 3.95. The predicted octanol–water partition coefficient (Wildman–Crippen LogP) is 2.11. The second-order valence-electron chi connectivity index (χ2n) is 5.44. The number of aryl methyl sites for hydroxylation is 1. The van der Waals surface area contributed by atoms with Gasteiger partial charge in [-0.15, -0.1) is 0 Å². The molecule has 0 unspecified atom stereocenters. The van der Waals surface area contributed by atoms with Crippen LogP contribution in [0.25, 0.3) is 11.5 Å². The fourth-order valence-electron chi connectivity index (χ4n) is 2.87. The average molecular weight is 275 g/mol. The normalized spacial score (nSPS) is 23.1. The molecule has 1 N–H and O–H groups in total. The van der Waals surface area contributed by atoms with Crippen molar-refractivity contribution >= 4 is 0 Å². The Balaban J connectivity index is 1.66. The highest BCUT2D eigenvalue weighted by Gasteiger charge is 2.26. The van der Waals surface area contributed by atoms with Crippen LogP contribution in [0.2, 0.25) is 0 Å². The lowest BCUT2D eigenvalue weighted by Gasteiger charge is -2.26. The average Bonchev–Trinajstić information content (AvgIpc) is 3.09. The molecule has 3 rings (SSSR count). The quantitative estimate of drug-likeness (QED) is 0.925. The maximum atomic E-state index is 5.43. The SMILES string of the molecule is CCNC1CCC(c2nc(-c3ccn(C)n3)no2)CC1. The van der Waals surface area contributed by atoms with Gasteiger partial charge in [-0.3, -0.25) is 4.68 Å². The molecule has 2 aromatic rings. The Morgan fingerprint density at radius 3 is 2.80 bits per heavy atom. The minimum absolute atomic E-state index is 0.398. The largest absolute Gasteiger partial charge is 0.339 e. The summed E-state index contributed by atoms with van der Waals surface area (Å²) in [7, 11) is 1.88. The van der Waals surface area contributed by atoms with Gasteiger partial charge in [0.2, 0.25) is 11.7 Å². The minimum Gasteiger partial charge on any atom is -0.339 e. The second-order valence-corrected chi connectivity index (χ2v) is 5.44. The molecule has 0 radical (unpaired) electrons. The zero-order chi connectivity index (χ0) is 13.9. The van der Waals surface area contributed by atoms with Crippen LogP contribution in [0, 0.1) is 0 Å². The first-order valence-corrected chi connectivity index (χ1v) is 7.33. The Morgan fingerprint density at radius 2 is 2.15 bits per heavy atom. The Labute approximate surface area is 118 Å². The second kappa shape index (κ2) is 5.75. The van der Waals surface area contributed by atoms with E-state index in [0.29, 0.717) is 17.8 Å². The van der Waals surface area contributed by atoms with Gasteiger partial charge >= 0.3 is 0 Å². The monoisotopic (exact) mass is 275 g/mol. The molecule has 6 nitrogen and oxygen atoms in total. The molecule has 0 bridgehead atoms. The van der Waals surface area contributed by atoms with Gasteiger partial charge in [0.1, 0.15) is 5.69 Å². The lowest BCUT2D eigenvalue weighted by atomic mass is 9.86. The van der Waals surface area contributed by atoms with E-state index in [-0.39, 0.29) is 0 Å². The maximum Gasteiger partial charge on any atom is 0.230 e. The van der Waals surface area contributed by atoms with E-state index in [9.17, 15) is 0 Å². The Hall–Kier alpha value is -1.69. The molecular formula is C14H21N5O. The highest BCUT2D eigenvalue weighted by atomic mass is 16.5. The van der Waals surface area contributed by atoms with E-state index < -0.39 is 0 Å². The summed E-state index contributed by atoms with van der Waals surface area (Å²) in [6.07, 6.45) is 6.47. The van der Waals surface area contributed by atoms with Crippen molar-refractivity contribution in [2.75, 3.05) is 6.54 Å². The standard InChI is InChI=1S/C14H21N5O/c1-3-15-11-6-4-10(5-7-11)14-16-13(18-20-14)12-8-9-19(2)17-12/h8-11,15H,3-7H2,1-2H3. The Kier molecular flexibility index (Phi) is 3.82. The van der Waals surface area contributed by atoms with Gasteiger partial charge in [0.15, 0.2) is 0 Å². The molecule has 2 heterocycles. The zero-order valence-electron chi connectivity index (χ0n) is 12.0. The lowest BCUT2D eigenvalue weighted by Crippen LogP contribution is -2.32. The number of hydrogen-bond donors (Lipinski definition) is 1. The number of hydrogen-bond acceptors (Lipinski definition) is 5. The van der Waals surface area contributed by atoms with Crippen molar-refractivity contribution in [3.05, 3.63) is 18.2 Å². The van der Waals surface area contributed by atoms with Gasteiger partial charge < -0.3 is 9.84 Å². The first-order chi connectivity index (χ1) is 9.76. The summed E-state index contributed by atoms with van der Waals surface area (Å²) >= 11 is 0. The van der Waals surface area contributed by atoms with Crippen molar-refractivity contribution < 1.29 is 4.52 Å². The molecule has 0 spiro atoms. The first-order valence-electron chi connectivity index (χ1n) is 7.33. The Morgan fingerprint density at radius 1 is 1.35 bits per heavy atom. The third kappa shape index (κ3) is 2.75. The number of nitrogens with one attached hydrogen (secondary N) is 1. The van der Waals surface area contributed by atoms with E-state index >= 15 is 0 Å². The number of nitrogens with zero attached hydrogens (tertiary/aromatic N) is 4. The highest BCUT2D eigenvalue weighted by molar-refractivity contribution is 5.46. The van der Waals surface area contributed by atoms with E-state index in [1.54, 1.807) is 4.68 Å². The van der Waals surface area contributed by atoms with Crippen LogP contribution in [0.1, 0.15) is 44.4 Å². The summed E-state index contributed by atoms with van der Waals surface area (Å²) < 4.78 is 7.18. The zero-order valence-corrected chi connectivity index (χ0v) is 12.0. The van der Waals surface area contributed by atoms with Gasteiger partial charge in [0, 0.05) is 25.2 Å². The molecule has 6 heteroatoms. The van der Waals surface area contributed by atoms with Crippen LogP contribution in [0.4, 0.5) is 0 Å². The van der Waals surface area contributed by atoms with E-state index in [1.165, 1.54) is 12.8 Å². The third-order valence-electron chi connectivity index (χ3n) is 3.95. The summed E-state index contributed by atoms with van der Waals surface area (Å²) in [5.41, 5.74) is 0.767. The van der Waals surface area contributed by atoms with E-state index in [4.69, 9.17) is 4.52 Å². The summed E-state index contributed by atoms with van der Waals surface area (Å²) in [6, 6.07) is 2.55. The van der Waals surface area contributed by atoms with Gasteiger partial charge in [-0.05, 0) is 38.3 Å². The molecule has 108 valence electrons. The fraction of sp³-hybridized carbons (Fsp3) is 0.643. The Bertz CT molecular complexity index is 553. The fourth-order valence-corrected chi connectivity index (χ4v) is 2.87. The van der Waals surface area contributed by atoms with Gasteiger partial charge in [-0.25, -0.2) is 0 Å². The van der Waals surface area contributed by atoms with E-state index in [1.807, 2.05) is 19.3 Å². The lowest BCUT2D eigenvalue weighted by molar-refractivity contribution is 0.284. The molecule has 0 aromatic carbocycles.